The molecule has 1 rings (SSSR count). The van der Waals surface area contributed by atoms with Crippen LogP contribution in [0.1, 0.15) is 15.9 Å². The van der Waals surface area contributed by atoms with Gasteiger partial charge >= 0.3 is 0 Å². The predicted octanol–water partition coefficient (Wildman–Crippen LogP) is 0.637. The molecule has 0 unspecified atom stereocenters. The number of benzene rings is 1. The second-order valence-corrected chi connectivity index (χ2v) is 5.18. The largest absolute Gasteiger partial charge is 0.346 e. The third kappa shape index (κ3) is 3.74. The van der Waals surface area contributed by atoms with Crippen LogP contribution in [0.15, 0.2) is 23.1 Å². The van der Waals surface area contributed by atoms with Crippen LogP contribution in [0.4, 0.5) is 8.78 Å². The fourth-order valence-corrected chi connectivity index (χ4v) is 1.93. The van der Waals surface area contributed by atoms with E-state index in [0.29, 0.717) is 5.56 Å². The molecule has 0 aliphatic rings. The molecule has 1 aromatic rings. The number of hydrogen-bond donors (Lipinski definition) is 2. The molecule has 0 heterocycles. The third-order valence-corrected chi connectivity index (χ3v) is 3.10. The van der Waals surface area contributed by atoms with Gasteiger partial charge in [-0.2, -0.15) is 0 Å². The first-order valence-electron chi connectivity index (χ1n) is 4.91. The highest BCUT2D eigenvalue weighted by atomic mass is 32.2. The summed E-state index contributed by atoms with van der Waals surface area (Å²) in [5.74, 6) is -0.686. The number of carbonyl (C=O) groups is 1. The van der Waals surface area contributed by atoms with E-state index >= 15 is 0 Å². The van der Waals surface area contributed by atoms with Gasteiger partial charge in [0.2, 0.25) is 10.0 Å². The molecule has 0 spiro atoms. The SMILES string of the molecule is Cc1cc(S(N)(=O)=O)ccc1C(=O)NCC(F)F. The number of nitrogens with one attached hydrogen (secondary N) is 1. The van der Waals surface area contributed by atoms with E-state index in [1.807, 2.05) is 5.32 Å². The molecule has 18 heavy (non-hydrogen) atoms. The first-order chi connectivity index (χ1) is 8.21. The molecule has 0 bridgehead atoms. The van der Waals surface area contributed by atoms with Gasteiger partial charge in [0.25, 0.3) is 12.3 Å². The zero-order chi connectivity index (χ0) is 13.9. The van der Waals surface area contributed by atoms with Crippen LogP contribution in [-0.4, -0.2) is 27.3 Å². The van der Waals surface area contributed by atoms with Gasteiger partial charge in [-0.15, -0.1) is 0 Å². The number of amides is 1. The molecule has 0 aliphatic heterocycles. The van der Waals surface area contributed by atoms with Gasteiger partial charge in [-0.25, -0.2) is 22.3 Å². The molecule has 100 valence electrons. The Bertz CT molecular complexity index is 558. The van der Waals surface area contributed by atoms with Crippen LogP contribution in [0.2, 0.25) is 0 Å². The Morgan fingerprint density at radius 3 is 2.50 bits per heavy atom. The molecule has 0 aromatic heterocycles. The average molecular weight is 278 g/mol. The van der Waals surface area contributed by atoms with Gasteiger partial charge in [-0.05, 0) is 30.7 Å². The number of alkyl halides is 2. The van der Waals surface area contributed by atoms with E-state index in [2.05, 4.69) is 0 Å². The van der Waals surface area contributed by atoms with Crippen molar-refractivity contribution < 1.29 is 22.0 Å². The van der Waals surface area contributed by atoms with Crippen LogP contribution in [-0.2, 0) is 10.0 Å². The number of primary sulfonamides is 1. The number of aryl methyl sites for hydroxylation is 1. The Morgan fingerprint density at radius 1 is 1.44 bits per heavy atom. The van der Waals surface area contributed by atoms with E-state index in [-0.39, 0.29) is 10.5 Å². The predicted molar refractivity (Wildman–Crippen MR) is 60.9 cm³/mol. The number of sulfonamides is 1. The zero-order valence-electron chi connectivity index (χ0n) is 9.48. The summed E-state index contributed by atoms with van der Waals surface area (Å²) in [4.78, 5) is 11.4. The van der Waals surface area contributed by atoms with E-state index in [4.69, 9.17) is 5.14 Å². The lowest BCUT2D eigenvalue weighted by Crippen LogP contribution is -2.29. The molecule has 0 radical (unpaired) electrons. The van der Waals surface area contributed by atoms with Gasteiger partial charge in [0.15, 0.2) is 0 Å². The maximum Gasteiger partial charge on any atom is 0.255 e. The van der Waals surface area contributed by atoms with Gasteiger partial charge in [-0.1, -0.05) is 0 Å². The van der Waals surface area contributed by atoms with E-state index in [9.17, 15) is 22.0 Å². The Morgan fingerprint density at radius 2 is 2.06 bits per heavy atom. The zero-order valence-corrected chi connectivity index (χ0v) is 10.3. The minimum Gasteiger partial charge on any atom is -0.346 e. The standard InChI is InChI=1S/C10H12F2N2O3S/c1-6-4-7(18(13,16)17)2-3-8(6)10(15)14-5-9(11)12/h2-4,9H,5H2,1H3,(H,14,15)(H2,13,16,17). The van der Waals surface area contributed by atoms with Crippen molar-refractivity contribution in [1.29, 1.82) is 0 Å². The molecule has 3 N–H and O–H groups in total. The summed E-state index contributed by atoms with van der Waals surface area (Å²) < 4.78 is 46.0. The Kier molecular flexibility index (Phi) is 4.36. The van der Waals surface area contributed by atoms with Gasteiger partial charge in [0.1, 0.15) is 0 Å². The molecule has 0 atom stereocenters. The minimum atomic E-state index is -3.85. The molecule has 0 saturated carbocycles. The second-order valence-electron chi connectivity index (χ2n) is 3.62. The summed E-state index contributed by atoms with van der Waals surface area (Å²) in [5.41, 5.74) is 0.469. The van der Waals surface area contributed by atoms with Gasteiger partial charge in [-0.3, -0.25) is 4.79 Å². The van der Waals surface area contributed by atoms with Crippen molar-refractivity contribution >= 4 is 15.9 Å². The van der Waals surface area contributed by atoms with Crippen molar-refractivity contribution in [2.45, 2.75) is 18.2 Å². The first kappa shape index (κ1) is 14.5. The van der Waals surface area contributed by atoms with Crippen LogP contribution >= 0.6 is 0 Å². The fraction of sp³-hybridized carbons (Fsp3) is 0.300. The maximum absolute atomic E-state index is 11.9. The van der Waals surface area contributed by atoms with Gasteiger partial charge in [0.05, 0.1) is 11.4 Å². The van der Waals surface area contributed by atoms with Crippen LogP contribution in [0, 0.1) is 6.92 Å². The molecule has 5 nitrogen and oxygen atoms in total. The number of carbonyl (C=O) groups excluding carboxylic acids is 1. The van der Waals surface area contributed by atoms with Crippen molar-refractivity contribution in [3.05, 3.63) is 29.3 Å². The van der Waals surface area contributed by atoms with Crippen molar-refractivity contribution in [3.63, 3.8) is 0 Å². The Labute approximate surface area is 103 Å². The summed E-state index contributed by atoms with van der Waals surface area (Å²) >= 11 is 0. The van der Waals surface area contributed by atoms with Crippen LogP contribution in [0.5, 0.6) is 0 Å². The highest BCUT2D eigenvalue weighted by Crippen LogP contribution is 2.14. The smallest absolute Gasteiger partial charge is 0.255 e. The monoisotopic (exact) mass is 278 g/mol. The van der Waals surface area contributed by atoms with Crippen LogP contribution in [0.25, 0.3) is 0 Å². The molecule has 0 aliphatic carbocycles. The van der Waals surface area contributed by atoms with E-state index < -0.39 is 28.9 Å². The summed E-state index contributed by atoms with van der Waals surface area (Å²) in [5, 5.41) is 6.95. The molecule has 1 amide bonds. The van der Waals surface area contributed by atoms with Gasteiger partial charge < -0.3 is 5.32 Å². The average Bonchev–Trinajstić information content (AvgIpc) is 2.24. The second kappa shape index (κ2) is 5.40. The molecule has 8 heteroatoms. The van der Waals surface area contributed by atoms with Crippen molar-refractivity contribution in [1.82, 2.24) is 5.32 Å². The topological polar surface area (TPSA) is 89.3 Å². The molecular formula is C10H12F2N2O3S. The lowest BCUT2D eigenvalue weighted by Gasteiger charge is -2.08. The number of hydrogen-bond acceptors (Lipinski definition) is 3. The molecule has 0 saturated heterocycles. The summed E-state index contributed by atoms with van der Waals surface area (Å²) in [6.07, 6.45) is -2.64. The Hall–Kier alpha value is -1.54. The van der Waals surface area contributed by atoms with Crippen molar-refractivity contribution in [2.24, 2.45) is 5.14 Å². The number of halogens is 2. The Balaban J connectivity index is 2.96. The van der Waals surface area contributed by atoms with Crippen LogP contribution in [0.3, 0.4) is 0 Å². The third-order valence-electron chi connectivity index (χ3n) is 2.19. The van der Waals surface area contributed by atoms with Crippen LogP contribution < -0.4 is 10.5 Å². The van der Waals surface area contributed by atoms with Gasteiger partial charge in [0, 0.05) is 5.56 Å². The normalized spacial score (nSPS) is 11.6. The van der Waals surface area contributed by atoms with E-state index in [0.717, 1.165) is 6.07 Å². The highest BCUT2D eigenvalue weighted by molar-refractivity contribution is 7.89. The lowest BCUT2D eigenvalue weighted by molar-refractivity contribution is 0.0891. The lowest BCUT2D eigenvalue weighted by atomic mass is 10.1. The quantitative estimate of drug-likeness (QED) is 0.846. The van der Waals surface area contributed by atoms with E-state index in [1.54, 1.807) is 0 Å². The van der Waals surface area contributed by atoms with E-state index in [1.165, 1.54) is 19.1 Å². The fourth-order valence-electron chi connectivity index (χ4n) is 1.33. The summed E-state index contributed by atoms with van der Waals surface area (Å²) in [6, 6.07) is 3.60. The number of rotatable bonds is 4. The highest BCUT2D eigenvalue weighted by Gasteiger charge is 2.14. The minimum absolute atomic E-state index is 0.128. The summed E-state index contributed by atoms with van der Waals surface area (Å²) in [7, 11) is -3.85. The van der Waals surface area contributed by atoms with Crippen molar-refractivity contribution in [2.75, 3.05) is 6.54 Å². The summed E-state index contributed by atoms with van der Waals surface area (Å²) in [6.45, 7) is 0.737. The molecular weight excluding hydrogens is 266 g/mol. The molecule has 1 aromatic carbocycles. The van der Waals surface area contributed by atoms with Crippen molar-refractivity contribution in [3.8, 4) is 0 Å². The first-order valence-corrected chi connectivity index (χ1v) is 6.46. The maximum atomic E-state index is 11.9. The molecule has 0 fully saturated rings. The number of nitrogens with two attached hydrogens (primary N) is 1.